The Labute approximate surface area is 189 Å². The van der Waals surface area contributed by atoms with Gasteiger partial charge in [-0.1, -0.05) is 54.4 Å². The van der Waals surface area contributed by atoms with Crippen molar-refractivity contribution in [2.75, 3.05) is 13.2 Å². The molecule has 0 unspecified atom stereocenters. The lowest BCUT2D eigenvalue weighted by Crippen LogP contribution is -2.26. The highest BCUT2D eigenvalue weighted by Crippen LogP contribution is 2.38. The molecule has 4 nitrogen and oxygen atoms in total. The van der Waals surface area contributed by atoms with E-state index in [1.165, 1.54) is 0 Å². The summed E-state index contributed by atoms with van der Waals surface area (Å²) in [6, 6.07) is 4.45. The first-order valence-electron chi connectivity index (χ1n) is 9.29. The molecule has 0 aliphatic carbocycles. The van der Waals surface area contributed by atoms with Gasteiger partial charge in [0.15, 0.2) is 5.75 Å². The van der Waals surface area contributed by atoms with Gasteiger partial charge in [0.25, 0.3) is 3.79 Å². The van der Waals surface area contributed by atoms with Crippen molar-refractivity contribution in [3.05, 3.63) is 30.0 Å². The second-order valence-electron chi connectivity index (χ2n) is 7.92. The maximum absolute atomic E-state index is 13.4. The van der Waals surface area contributed by atoms with Gasteiger partial charge in [0.05, 0.1) is 11.1 Å². The van der Waals surface area contributed by atoms with E-state index >= 15 is 0 Å². The average Bonchev–Trinajstić information content (AvgIpc) is 2.99. The molecular formula is C19H24Cl3F3N2O2Si. The van der Waals surface area contributed by atoms with Crippen molar-refractivity contribution in [3.63, 3.8) is 0 Å². The van der Waals surface area contributed by atoms with E-state index in [0.717, 1.165) is 18.2 Å². The lowest BCUT2D eigenvalue weighted by Gasteiger charge is -2.19. The van der Waals surface area contributed by atoms with Gasteiger partial charge in [-0.05, 0) is 31.2 Å². The van der Waals surface area contributed by atoms with E-state index in [-0.39, 0.29) is 24.9 Å². The standard InChI is InChI=1S/C19H24Cl3F3N2O2Si/c1-5-26-17(18(20,21)22)29-15-11-14(19(23,24)25)10-13-6-7-27(16(13)15)12-28-8-9-30(2,3)4/h6-7,10-11H,5,8-9,12H2,1-4H3. The first-order chi connectivity index (χ1) is 13.7. The van der Waals surface area contributed by atoms with Crippen molar-refractivity contribution >= 4 is 59.7 Å². The van der Waals surface area contributed by atoms with Gasteiger partial charge < -0.3 is 14.0 Å². The number of fused-ring (bicyclic) bond motifs is 1. The average molecular weight is 504 g/mol. The molecule has 30 heavy (non-hydrogen) atoms. The molecule has 1 aromatic carbocycles. The van der Waals surface area contributed by atoms with Crippen LogP contribution in [0.15, 0.2) is 29.4 Å². The van der Waals surface area contributed by atoms with E-state index < -0.39 is 23.6 Å². The molecule has 0 N–H and O–H groups in total. The molecule has 0 radical (unpaired) electrons. The molecule has 0 saturated carbocycles. The predicted octanol–water partition coefficient (Wildman–Crippen LogP) is 7.14. The number of hydrogen-bond acceptors (Lipinski definition) is 3. The Morgan fingerprint density at radius 1 is 1.17 bits per heavy atom. The van der Waals surface area contributed by atoms with Crippen molar-refractivity contribution in [1.82, 2.24) is 4.57 Å². The number of halogens is 6. The van der Waals surface area contributed by atoms with Crippen molar-refractivity contribution in [2.45, 2.75) is 49.3 Å². The highest BCUT2D eigenvalue weighted by molar-refractivity contribution is 6.76. The first-order valence-corrected chi connectivity index (χ1v) is 14.1. The number of alkyl halides is 6. The molecule has 168 valence electrons. The van der Waals surface area contributed by atoms with Crippen LogP contribution in [0.1, 0.15) is 12.5 Å². The lowest BCUT2D eigenvalue weighted by molar-refractivity contribution is -0.137. The van der Waals surface area contributed by atoms with Gasteiger partial charge in [-0.3, -0.25) is 4.99 Å². The molecule has 0 spiro atoms. The summed E-state index contributed by atoms with van der Waals surface area (Å²) in [6.45, 7) is 9.33. The summed E-state index contributed by atoms with van der Waals surface area (Å²) < 4.78 is 51.2. The molecule has 2 aromatic rings. The molecular weight excluding hydrogens is 480 g/mol. The van der Waals surface area contributed by atoms with Crippen LogP contribution in [-0.2, 0) is 17.6 Å². The number of rotatable bonds is 7. The smallest absolute Gasteiger partial charge is 0.416 e. The van der Waals surface area contributed by atoms with Gasteiger partial charge in [-0.2, -0.15) is 13.2 Å². The third-order valence-corrected chi connectivity index (χ3v) is 6.32. The second kappa shape index (κ2) is 9.69. The van der Waals surface area contributed by atoms with Gasteiger partial charge in [0, 0.05) is 32.8 Å². The van der Waals surface area contributed by atoms with Crippen molar-refractivity contribution in [2.24, 2.45) is 4.99 Å². The van der Waals surface area contributed by atoms with Gasteiger partial charge in [-0.25, -0.2) is 0 Å². The summed E-state index contributed by atoms with van der Waals surface area (Å²) in [5.74, 6) is -0.417. The van der Waals surface area contributed by atoms with Gasteiger partial charge in [0.2, 0.25) is 5.90 Å². The SMILES string of the molecule is CCN=C(Oc1cc(C(F)(F)F)cc2ccn(COCC[Si](C)(C)C)c12)C(Cl)(Cl)Cl. The quantitative estimate of drug-likeness (QED) is 0.132. The summed E-state index contributed by atoms with van der Waals surface area (Å²) in [5.41, 5.74) is -0.475. The van der Waals surface area contributed by atoms with Gasteiger partial charge in [0.1, 0.15) is 6.73 Å². The van der Waals surface area contributed by atoms with Gasteiger partial charge in [-0.15, -0.1) is 0 Å². The lowest BCUT2D eigenvalue weighted by atomic mass is 10.1. The first kappa shape index (κ1) is 25.3. The van der Waals surface area contributed by atoms with Crippen LogP contribution in [0.25, 0.3) is 10.9 Å². The van der Waals surface area contributed by atoms with E-state index in [4.69, 9.17) is 44.3 Å². The molecule has 2 rings (SSSR count). The number of aliphatic imine (C=N–C) groups is 1. The molecule has 1 aromatic heterocycles. The summed E-state index contributed by atoms with van der Waals surface area (Å²) >= 11 is 17.7. The molecule has 0 fully saturated rings. The molecule has 0 bridgehead atoms. The predicted molar refractivity (Wildman–Crippen MR) is 120 cm³/mol. The maximum Gasteiger partial charge on any atom is 0.416 e. The molecule has 11 heteroatoms. The Hall–Kier alpha value is -0.933. The largest absolute Gasteiger partial charge is 0.437 e. The van der Waals surface area contributed by atoms with Gasteiger partial charge >= 0.3 is 6.18 Å². The third kappa shape index (κ3) is 7.05. The molecule has 0 amide bonds. The number of aromatic nitrogens is 1. The summed E-state index contributed by atoms with van der Waals surface area (Å²) in [7, 11) is -1.27. The Bertz CT molecular complexity index is 903. The van der Waals surface area contributed by atoms with Crippen LogP contribution in [-0.4, -0.2) is 35.5 Å². The van der Waals surface area contributed by atoms with Crippen LogP contribution in [0.3, 0.4) is 0 Å². The molecule has 0 saturated heterocycles. The topological polar surface area (TPSA) is 35.8 Å². The van der Waals surface area contributed by atoms with Crippen LogP contribution >= 0.6 is 34.8 Å². The second-order valence-corrected chi connectivity index (χ2v) is 15.8. The van der Waals surface area contributed by atoms with Crippen LogP contribution in [0.2, 0.25) is 25.7 Å². The minimum Gasteiger partial charge on any atom is -0.437 e. The van der Waals surface area contributed by atoms with Crippen LogP contribution < -0.4 is 4.74 Å². The zero-order valence-electron chi connectivity index (χ0n) is 17.1. The fraction of sp³-hybridized carbons (Fsp3) is 0.526. The maximum atomic E-state index is 13.4. The Kier molecular flexibility index (Phi) is 8.18. The van der Waals surface area contributed by atoms with Crippen LogP contribution in [0.5, 0.6) is 5.75 Å². The molecule has 0 aliphatic heterocycles. The van der Waals surface area contributed by atoms with Crippen molar-refractivity contribution < 1.29 is 22.6 Å². The third-order valence-electron chi connectivity index (χ3n) is 4.13. The normalized spacial score (nSPS) is 13.9. The Morgan fingerprint density at radius 3 is 2.37 bits per heavy atom. The van der Waals surface area contributed by atoms with Crippen LogP contribution in [0.4, 0.5) is 13.2 Å². The number of hydrogen-bond donors (Lipinski definition) is 0. The van der Waals surface area contributed by atoms with Crippen LogP contribution in [0, 0.1) is 0 Å². The van der Waals surface area contributed by atoms with Crippen molar-refractivity contribution in [1.29, 1.82) is 0 Å². The fourth-order valence-corrected chi connectivity index (χ4v) is 3.68. The minimum atomic E-state index is -4.57. The Balaban J connectivity index is 2.45. The number of nitrogens with zero attached hydrogens (tertiary/aromatic N) is 2. The number of benzene rings is 1. The van der Waals surface area contributed by atoms with E-state index in [1.807, 2.05) is 0 Å². The summed E-state index contributed by atoms with van der Waals surface area (Å²) in [6.07, 6.45) is -2.93. The minimum absolute atomic E-state index is 0.114. The highest BCUT2D eigenvalue weighted by atomic mass is 35.6. The van der Waals surface area contributed by atoms with E-state index in [9.17, 15) is 13.2 Å². The summed E-state index contributed by atoms with van der Waals surface area (Å²) in [5, 5.41) is 0.328. The fourth-order valence-electron chi connectivity index (χ4n) is 2.63. The Morgan fingerprint density at radius 2 is 1.83 bits per heavy atom. The zero-order chi connectivity index (χ0) is 22.7. The molecule has 0 aliphatic rings. The van der Waals surface area contributed by atoms with E-state index in [2.05, 4.69) is 24.6 Å². The summed E-state index contributed by atoms with van der Waals surface area (Å²) in [4.78, 5) is 3.99. The number of ether oxygens (including phenoxy) is 2. The van der Waals surface area contributed by atoms with Crippen molar-refractivity contribution in [3.8, 4) is 5.75 Å². The molecule has 0 atom stereocenters. The highest BCUT2D eigenvalue weighted by Gasteiger charge is 2.35. The zero-order valence-corrected chi connectivity index (χ0v) is 20.4. The van der Waals surface area contributed by atoms with E-state index in [0.29, 0.717) is 17.5 Å². The van der Waals surface area contributed by atoms with E-state index in [1.54, 1.807) is 23.8 Å². The monoisotopic (exact) mass is 502 g/mol. The molecule has 1 heterocycles.